The number of halogens is 1. The van der Waals surface area contributed by atoms with Crippen molar-refractivity contribution >= 4 is 23.2 Å². The van der Waals surface area contributed by atoms with Crippen LogP contribution in [0.1, 0.15) is 28.4 Å². The molecule has 6 nitrogen and oxygen atoms in total. The lowest BCUT2D eigenvalue weighted by molar-refractivity contribution is -0.385. The van der Waals surface area contributed by atoms with Crippen LogP contribution < -0.4 is 5.32 Å². The van der Waals surface area contributed by atoms with E-state index >= 15 is 0 Å². The maximum Gasteiger partial charge on any atom is 0.283 e. The van der Waals surface area contributed by atoms with E-state index in [-0.39, 0.29) is 22.3 Å². The van der Waals surface area contributed by atoms with E-state index in [9.17, 15) is 14.9 Å². The molecule has 1 heterocycles. The summed E-state index contributed by atoms with van der Waals surface area (Å²) in [5.74, 6) is -0.461. The Bertz CT molecular complexity index is 841. The van der Waals surface area contributed by atoms with Gasteiger partial charge in [-0.2, -0.15) is 0 Å². The molecule has 2 aromatic carbocycles. The maximum atomic E-state index is 12.4. The SMILES string of the molecule is CC(CNC(=O)c1ccc(Cl)cc1[N+](=O)[O-])N1CCc2ccccc2C1. The summed E-state index contributed by atoms with van der Waals surface area (Å²) in [7, 11) is 0. The molecule has 0 saturated carbocycles. The number of nitro groups is 1. The van der Waals surface area contributed by atoms with Crippen LogP contribution in [-0.2, 0) is 13.0 Å². The second-order valence-corrected chi connectivity index (χ2v) is 6.90. The van der Waals surface area contributed by atoms with E-state index in [1.54, 1.807) is 0 Å². The molecule has 0 spiro atoms. The van der Waals surface area contributed by atoms with E-state index in [2.05, 4.69) is 28.4 Å². The van der Waals surface area contributed by atoms with Gasteiger partial charge in [0.15, 0.2) is 0 Å². The maximum absolute atomic E-state index is 12.4. The highest BCUT2D eigenvalue weighted by atomic mass is 35.5. The van der Waals surface area contributed by atoms with Crippen LogP contribution in [-0.4, -0.2) is 34.9 Å². The van der Waals surface area contributed by atoms with Gasteiger partial charge in [-0.05, 0) is 36.6 Å². The zero-order chi connectivity index (χ0) is 18.7. The Morgan fingerprint density at radius 1 is 1.31 bits per heavy atom. The minimum atomic E-state index is -0.591. The highest BCUT2D eigenvalue weighted by Gasteiger charge is 2.23. The van der Waals surface area contributed by atoms with E-state index in [0.29, 0.717) is 6.54 Å². The summed E-state index contributed by atoms with van der Waals surface area (Å²) >= 11 is 5.79. The molecule has 0 radical (unpaired) electrons. The van der Waals surface area contributed by atoms with E-state index in [0.717, 1.165) is 19.5 Å². The van der Waals surface area contributed by atoms with Gasteiger partial charge in [0.05, 0.1) is 4.92 Å². The van der Waals surface area contributed by atoms with Gasteiger partial charge in [-0.1, -0.05) is 35.9 Å². The van der Waals surface area contributed by atoms with E-state index in [1.807, 2.05) is 13.0 Å². The Balaban J connectivity index is 1.63. The van der Waals surface area contributed by atoms with Crippen molar-refractivity contribution in [2.24, 2.45) is 0 Å². The lowest BCUT2D eigenvalue weighted by Crippen LogP contribution is -2.44. The zero-order valence-electron chi connectivity index (χ0n) is 14.4. The minimum Gasteiger partial charge on any atom is -0.350 e. The first-order valence-corrected chi connectivity index (χ1v) is 8.86. The molecule has 1 aliphatic rings. The molecule has 1 amide bonds. The van der Waals surface area contributed by atoms with Gasteiger partial charge in [0, 0.05) is 36.8 Å². The molecule has 7 heteroatoms. The van der Waals surface area contributed by atoms with Gasteiger partial charge in [0.1, 0.15) is 5.56 Å². The van der Waals surface area contributed by atoms with E-state index in [4.69, 9.17) is 11.6 Å². The molecule has 136 valence electrons. The Morgan fingerprint density at radius 2 is 2.04 bits per heavy atom. The largest absolute Gasteiger partial charge is 0.350 e. The second-order valence-electron chi connectivity index (χ2n) is 6.47. The van der Waals surface area contributed by atoms with Crippen LogP contribution in [0.25, 0.3) is 0 Å². The molecule has 3 rings (SSSR count). The molecule has 1 aliphatic heterocycles. The number of nitro benzene ring substituents is 1. The molecule has 0 aliphatic carbocycles. The van der Waals surface area contributed by atoms with Gasteiger partial charge in [0.25, 0.3) is 11.6 Å². The Morgan fingerprint density at radius 3 is 2.77 bits per heavy atom. The number of rotatable bonds is 5. The third-order valence-corrected chi connectivity index (χ3v) is 4.98. The van der Waals surface area contributed by atoms with Gasteiger partial charge in [-0.15, -0.1) is 0 Å². The number of amides is 1. The molecule has 2 aromatic rings. The molecule has 0 fully saturated rings. The topological polar surface area (TPSA) is 75.5 Å². The summed E-state index contributed by atoms with van der Waals surface area (Å²) in [5.41, 5.74) is 2.42. The van der Waals surface area contributed by atoms with Crippen LogP contribution in [0.2, 0.25) is 5.02 Å². The van der Waals surface area contributed by atoms with Gasteiger partial charge in [-0.25, -0.2) is 0 Å². The smallest absolute Gasteiger partial charge is 0.283 e. The van der Waals surface area contributed by atoms with Gasteiger partial charge >= 0.3 is 0 Å². The first kappa shape index (κ1) is 18.4. The standard InChI is InChI=1S/C19H20ClN3O3/c1-13(22-9-8-14-4-2-3-5-15(14)12-22)11-21-19(24)17-7-6-16(20)10-18(17)23(25)26/h2-7,10,13H,8-9,11-12H2,1H3,(H,21,24). The quantitative estimate of drug-likeness (QED) is 0.643. The molecular formula is C19H20ClN3O3. The number of nitrogens with zero attached hydrogens (tertiary/aromatic N) is 2. The molecule has 1 atom stereocenters. The average Bonchev–Trinajstić information content (AvgIpc) is 2.65. The van der Waals surface area contributed by atoms with Crippen LogP contribution in [0, 0.1) is 10.1 Å². The molecule has 0 aromatic heterocycles. The molecule has 26 heavy (non-hydrogen) atoms. The number of carbonyl (C=O) groups is 1. The first-order chi connectivity index (χ1) is 12.5. The fraction of sp³-hybridized carbons (Fsp3) is 0.316. The lowest BCUT2D eigenvalue weighted by Gasteiger charge is -2.33. The minimum absolute atomic E-state index is 0.0237. The van der Waals surface area contributed by atoms with Crippen molar-refractivity contribution in [3.05, 3.63) is 74.3 Å². The number of fused-ring (bicyclic) bond motifs is 1. The normalized spacial score (nSPS) is 15.2. The van der Waals surface area contributed by atoms with Crippen LogP contribution in [0.15, 0.2) is 42.5 Å². The van der Waals surface area contributed by atoms with Crippen molar-refractivity contribution in [2.75, 3.05) is 13.1 Å². The summed E-state index contributed by atoms with van der Waals surface area (Å²) in [6, 6.07) is 12.6. The van der Waals surface area contributed by atoms with Crippen molar-refractivity contribution in [1.29, 1.82) is 0 Å². The molecule has 0 bridgehead atoms. The number of hydrogen-bond acceptors (Lipinski definition) is 4. The predicted octanol–water partition coefficient (Wildman–Crippen LogP) is 3.42. The third kappa shape index (κ3) is 4.03. The number of hydrogen-bond donors (Lipinski definition) is 1. The highest BCUT2D eigenvalue weighted by Crippen LogP contribution is 2.23. The van der Waals surface area contributed by atoms with Gasteiger partial charge in [-0.3, -0.25) is 19.8 Å². The summed E-state index contributed by atoms with van der Waals surface area (Å²) in [6.45, 7) is 4.23. The first-order valence-electron chi connectivity index (χ1n) is 8.48. The Labute approximate surface area is 156 Å². The summed E-state index contributed by atoms with van der Waals surface area (Å²) in [5, 5.41) is 14.2. The van der Waals surface area contributed by atoms with E-state index in [1.165, 1.54) is 29.3 Å². The van der Waals surface area contributed by atoms with Crippen molar-refractivity contribution in [3.63, 3.8) is 0 Å². The van der Waals surface area contributed by atoms with Gasteiger partial charge < -0.3 is 5.32 Å². The number of carbonyl (C=O) groups excluding carboxylic acids is 1. The molecule has 0 saturated heterocycles. The van der Waals surface area contributed by atoms with Crippen molar-refractivity contribution in [2.45, 2.75) is 25.9 Å². The predicted molar refractivity (Wildman–Crippen MR) is 100 cm³/mol. The monoisotopic (exact) mass is 373 g/mol. The zero-order valence-corrected chi connectivity index (χ0v) is 15.2. The Hall–Kier alpha value is -2.44. The highest BCUT2D eigenvalue weighted by molar-refractivity contribution is 6.31. The van der Waals surface area contributed by atoms with Crippen molar-refractivity contribution < 1.29 is 9.72 Å². The summed E-state index contributed by atoms with van der Waals surface area (Å²) < 4.78 is 0. The van der Waals surface area contributed by atoms with Crippen LogP contribution in [0.5, 0.6) is 0 Å². The van der Waals surface area contributed by atoms with Crippen LogP contribution in [0.4, 0.5) is 5.69 Å². The third-order valence-electron chi connectivity index (χ3n) is 4.74. The lowest BCUT2D eigenvalue weighted by atomic mass is 9.99. The number of benzene rings is 2. The Kier molecular flexibility index (Phi) is 5.54. The van der Waals surface area contributed by atoms with Gasteiger partial charge in [0.2, 0.25) is 0 Å². The second kappa shape index (κ2) is 7.85. The molecule has 1 N–H and O–H groups in total. The molecular weight excluding hydrogens is 354 g/mol. The fourth-order valence-corrected chi connectivity index (χ4v) is 3.37. The summed E-state index contributed by atoms with van der Waals surface area (Å²) in [6.07, 6.45) is 0.983. The van der Waals surface area contributed by atoms with Crippen molar-refractivity contribution in [3.8, 4) is 0 Å². The summed E-state index contributed by atoms with van der Waals surface area (Å²) in [4.78, 5) is 25.2. The van der Waals surface area contributed by atoms with E-state index < -0.39 is 10.8 Å². The van der Waals surface area contributed by atoms with Crippen LogP contribution >= 0.6 is 11.6 Å². The fourth-order valence-electron chi connectivity index (χ4n) is 3.21. The average molecular weight is 374 g/mol. The molecule has 1 unspecified atom stereocenters. The van der Waals surface area contributed by atoms with Crippen molar-refractivity contribution in [1.82, 2.24) is 10.2 Å². The van der Waals surface area contributed by atoms with Crippen LogP contribution in [0.3, 0.4) is 0 Å². The number of nitrogens with one attached hydrogen (secondary N) is 1.